The van der Waals surface area contributed by atoms with Crippen LogP contribution in [0.3, 0.4) is 0 Å². The summed E-state index contributed by atoms with van der Waals surface area (Å²) >= 11 is 0. The van der Waals surface area contributed by atoms with Crippen LogP contribution in [0.1, 0.15) is 57.1 Å². The van der Waals surface area contributed by atoms with Crippen LogP contribution in [0.25, 0.3) is 0 Å². The van der Waals surface area contributed by atoms with Crippen LogP contribution in [0.5, 0.6) is 0 Å². The number of rotatable bonds is 9. The highest BCUT2D eigenvalue weighted by Gasteiger charge is 2.41. The number of unbranched alkanes of at least 4 members (excludes halogenated alkanes) is 2. The average molecular weight is 354 g/mol. The van der Waals surface area contributed by atoms with E-state index in [4.69, 9.17) is 11.5 Å². The summed E-state index contributed by atoms with van der Waals surface area (Å²) in [5.41, 5.74) is 13.3. The smallest absolute Gasteiger partial charge is 0.318 e. The summed E-state index contributed by atoms with van der Waals surface area (Å²) in [5.74, 6) is -0.195. The second-order valence-corrected chi connectivity index (χ2v) is 7.45. The number of carboxylic acids is 1. The summed E-state index contributed by atoms with van der Waals surface area (Å²) in [7, 11) is 0. The molecule has 4 nitrogen and oxygen atoms in total. The first-order chi connectivity index (χ1) is 12.4. The molecule has 0 atom stereocenters. The largest absolute Gasteiger partial charge is 0.480 e. The SMILES string of the molecule is CC(C)CCCCCC(C(=O)O)(c1cccc(N)c1)c1cccc(N)c1. The van der Waals surface area contributed by atoms with Gasteiger partial charge in [0.25, 0.3) is 0 Å². The molecule has 0 aliphatic rings. The van der Waals surface area contributed by atoms with Gasteiger partial charge in [0.2, 0.25) is 0 Å². The van der Waals surface area contributed by atoms with Crippen molar-refractivity contribution in [2.45, 2.75) is 51.4 Å². The molecular formula is C22H30N2O2. The van der Waals surface area contributed by atoms with Gasteiger partial charge in [0.1, 0.15) is 5.41 Å². The van der Waals surface area contributed by atoms with Crippen molar-refractivity contribution in [3.05, 3.63) is 59.7 Å². The minimum absolute atomic E-state index is 0.521. The number of hydrogen-bond donors (Lipinski definition) is 3. The van der Waals surface area contributed by atoms with E-state index in [0.717, 1.165) is 25.7 Å². The number of carbonyl (C=O) groups is 1. The van der Waals surface area contributed by atoms with Gasteiger partial charge in [0.15, 0.2) is 0 Å². The van der Waals surface area contributed by atoms with Crippen molar-refractivity contribution in [3.8, 4) is 0 Å². The van der Waals surface area contributed by atoms with Crippen molar-refractivity contribution in [2.75, 3.05) is 11.5 Å². The molecule has 0 spiro atoms. The van der Waals surface area contributed by atoms with Crippen molar-refractivity contribution in [1.29, 1.82) is 0 Å². The van der Waals surface area contributed by atoms with E-state index < -0.39 is 11.4 Å². The van der Waals surface area contributed by atoms with Gasteiger partial charge in [-0.25, -0.2) is 0 Å². The molecule has 0 bridgehead atoms. The third-order valence-corrected chi connectivity index (χ3v) is 4.96. The highest BCUT2D eigenvalue weighted by molar-refractivity contribution is 5.86. The number of carboxylic acid groups (broad SMARTS) is 1. The van der Waals surface area contributed by atoms with Gasteiger partial charge in [0.05, 0.1) is 0 Å². The molecular weight excluding hydrogens is 324 g/mol. The Balaban J connectivity index is 2.40. The van der Waals surface area contributed by atoms with Gasteiger partial charge < -0.3 is 16.6 Å². The standard InChI is InChI=1S/C22H30N2O2/c1-16(2)8-4-3-5-13-22(21(25)26,17-9-6-11-19(23)14-17)18-10-7-12-20(24)15-18/h6-7,9-12,14-16H,3-5,8,13,23-24H2,1-2H3,(H,25,26). The number of benzene rings is 2. The van der Waals surface area contributed by atoms with Gasteiger partial charge >= 0.3 is 5.97 Å². The van der Waals surface area contributed by atoms with Crippen molar-refractivity contribution in [1.82, 2.24) is 0 Å². The Bertz CT molecular complexity index is 695. The monoisotopic (exact) mass is 354 g/mol. The Morgan fingerprint density at radius 1 is 0.962 bits per heavy atom. The predicted octanol–water partition coefficient (Wildman–Crippen LogP) is 4.83. The predicted molar refractivity (Wildman–Crippen MR) is 108 cm³/mol. The zero-order chi connectivity index (χ0) is 19.2. The van der Waals surface area contributed by atoms with E-state index in [2.05, 4.69) is 13.8 Å². The molecule has 2 aromatic rings. The molecule has 0 saturated heterocycles. The van der Waals surface area contributed by atoms with E-state index in [0.29, 0.717) is 34.8 Å². The van der Waals surface area contributed by atoms with E-state index in [-0.39, 0.29) is 0 Å². The van der Waals surface area contributed by atoms with Crippen LogP contribution in [0.15, 0.2) is 48.5 Å². The summed E-state index contributed by atoms with van der Waals surface area (Å²) < 4.78 is 0. The number of aliphatic carboxylic acids is 1. The van der Waals surface area contributed by atoms with Crippen LogP contribution in [0.2, 0.25) is 0 Å². The van der Waals surface area contributed by atoms with Crippen LogP contribution in [-0.2, 0) is 10.2 Å². The number of nitrogens with two attached hydrogens (primary N) is 2. The summed E-state index contributed by atoms with van der Waals surface area (Å²) in [5, 5.41) is 10.3. The molecule has 4 heteroatoms. The Hall–Kier alpha value is -2.49. The Morgan fingerprint density at radius 2 is 1.50 bits per heavy atom. The first-order valence-corrected chi connectivity index (χ1v) is 9.31. The zero-order valence-electron chi connectivity index (χ0n) is 15.7. The highest BCUT2D eigenvalue weighted by Crippen LogP contribution is 2.39. The molecule has 0 unspecified atom stereocenters. The highest BCUT2D eigenvalue weighted by atomic mass is 16.4. The summed E-state index contributed by atoms with van der Waals surface area (Å²) in [6.45, 7) is 4.42. The molecule has 5 N–H and O–H groups in total. The van der Waals surface area contributed by atoms with Gasteiger partial charge in [-0.1, -0.05) is 63.8 Å². The molecule has 2 rings (SSSR count). The molecule has 0 saturated carbocycles. The molecule has 0 radical (unpaired) electrons. The lowest BCUT2D eigenvalue weighted by Crippen LogP contribution is -2.37. The van der Waals surface area contributed by atoms with Crippen LogP contribution in [0, 0.1) is 5.92 Å². The van der Waals surface area contributed by atoms with Gasteiger partial charge in [-0.2, -0.15) is 0 Å². The van der Waals surface area contributed by atoms with Gasteiger partial charge in [-0.05, 0) is 47.7 Å². The third-order valence-electron chi connectivity index (χ3n) is 4.96. The van der Waals surface area contributed by atoms with Crippen molar-refractivity contribution >= 4 is 17.3 Å². The van der Waals surface area contributed by atoms with Gasteiger partial charge in [-0.3, -0.25) is 4.79 Å². The quantitative estimate of drug-likeness (QED) is 0.444. The topological polar surface area (TPSA) is 89.3 Å². The first kappa shape index (κ1) is 19.8. The van der Waals surface area contributed by atoms with E-state index >= 15 is 0 Å². The van der Waals surface area contributed by atoms with E-state index in [9.17, 15) is 9.90 Å². The lowest BCUT2D eigenvalue weighted by molar-refractivity contribution is -0.142. The fourth-order valence-electron chi connectivity index (χ4n) is 3.54. The summed E-state index contributed by atoms with van der Waals surface area (Å²) in [6, 6.07) is 14.4. The maximum Gasteiger partial charge on any atom is 0.318 e. The lowest BCUT2D eigenvalue weighted by Gasteiger charge is -2.31. The van der Waals surface area contributed by atoms with Crippen LogP contribution in [0.4, 0.5) is 11.4 Å². The number of nitrogen functional groups attached to an aromatic ring is 2. The maximum atomic E-state index is 12.5. The Labute approximate surface area is 156 Å². The molecule has 0 aliphatic heterocycles. The minimum Gasteiger partial charge on any atom is -0.480 e. The van der Waals surface area contributed by atoms with Crippen LogP contribution >= 0.6 is 0 Å². The van der Waals surface area contributed by atoms with Gasteiger partial charge in [-0.15, -0.1) is 0 Å². The number of anilines is 2. The normalized spacial score (nSPS) is 11.7. The number of hydrogen-bond acceptors (Lipinski definition) is 3. The fraction of sp³-hybridized carbons (Fsp3) is 0.409. The molecule has 2 aromatic carbocycles. The Kier molecular flexibility index (Phi) is 6.67. The van der Waals surface area contributed by atoms with E-state index in [1.165, 1.54) is 0 Å². The van der Waals surface area contributed by atoms with Crippen LogP contribution < -0.4 is 11.5 Å². The molecule has 0 aliphatic carbocycles. The fourth-order valence-corrected chi connectivity index (χ4v) is 3.54. The average Bonchev–Trinajstić information content (AvgIpc) is 2.57. The van der Waals surface area contributed by atoms with E-state index in [1.807, 2.05) is 24.3 Å². The van der Waals surface area contributed by atoms with Crippen molar-refractivity contribution in [3.63, 3.8) is 0 Å². The molecule has 0 amide bonds. The summed E-state index contributed by atoms with van der Waals surface area (Å²) in [6.07, 6.45) is 4.64. The zero-order valence-corrected chi connectivity index (χ0v) is 15.7. The molecule has 0 fully saturated rings. The summed E-state index contributed by atoms with van der Waals surface area (Å²) in [4.78, 5) is 12.5. The third kappa shape index (κ3) is 4.57. The van der Waals surface area contributed by atoms with Gasteiger partial charge in [0, 0.05) is 11.4 Å². The molecule has 0 aromatic heterocycles. The molecule has 140 valence electrons. The second-order valence-electron chi connectivity index (χ2n) is 7.45. The second kappa shape index (κ2) is 8.75. The first-order valence-electron chi connectivity index (χ1n) is 9.31. The molecule has 26 heavy (non-hydrogen) atoms. The molecule has 0 heterocycles. The minimum atomic E-state index is -1.14. The lowest BCUT2D eigenvalue weighted by atomic mass is 9.70. The van der Waals surface area contributed by atoms with Crippen molar-refractivity contribution in [2.24, 2.45) is 5.92 Å². The van der Waals surface area contributed by atoms with E-state index in [1.54, 1.807) is 24.3 Å². The van der Waals surface area contributed by atoms with Crippen LogP contribution in [-0.4, -0.2) is 11.1 Å². The van der Waals surface area contributed by atoms with Crippen molar-refractivity contribution < 1.29 is 9.90 Å². The maximum absolute atomic E-state index is 12.5. The Morgan fingerprint density at radius 3 is 1.92 bits per heavy atom.